The predicted octanol–water partition coefficient (Wildman–Crippen LogP) is 5.43. The fourth-order valence-corrected chi connectivity index (χ4v) is 4.15. The number of amides is 2. The largest absolute Gasteiger partial charge is 0.355 e. The van der Waals surface area contributed by atoms with Crippen molar-refractivity contribution in [2.75, 3.05) is 11.9 Å². The Morgan fingerprint density at radius 3 is 2.21 bits per heavy atom. The van der Waals surface area contributed by atoms with Gasteiger partial charge in [0.25, 0.3) is 5.91 Å². The lowest BCUT2D eigenvalue weighted by atomic mass is 9.68. The van der Waals surface area contributed by atoms with Crippen LogP contribution in [0.5, 0.6) is 0 Å². The molecule has 1 fully saturated rings. The molecule has 2 amide bonds. The second-order valence-electron chi connectivity index (χ2n) is 7.44. The summed E-state index contributed by atoms with van der Waals surface area (Å²) >= 11 is 3.37. The number of benzene rings is 2. The Bertz CT molecular complexity index is 810. The highest BCUT2D eigenvalue weighted by molar-refractivity contribution is 9.10. The molecule has 2 aromatic rings. The Morgan fingerprint density at radius 1 is 0.964 bits per heavy atom. The molecule has 4 nitrogen and oxygen atoms in total. The second kappa shape index (κ2) is 9.37. The van der Waals surface area contributed by atoms with E-state index in [1.54, 1.807) is 12.1 Å². The van der Waals surface area contributed by atoms with Crippen molar-refractivity contribution >= 4 is 33.4 Å². The normalized spacial score (nSPS) is 15.6. The summed E-state index contributed by atoms with van der Waals surface area (Å²) in [6.07, 6.45) is 6.02. The lowest BCUT2D eigenvalue weighted by Crippen LogP contribution is -2.46. The average molecular weight is 443 g/mol. The molecular formula is C23H27BrN2O2. The third-order valence-electron chi connectivity index (χ3n) is 5.48. The summed E-state index contributed by atoms with van der Waals surface area (Å²) in [4.78, 5) is 25.4. The van der Waals surface area contributed by atoms with E-state index < -0.39 is 5.41 Å². The van der Waals surface area contributed by atoms with Gasteiger partial charge in [-0.25, -0.2) is 0 Å². The van der Waals surface area contributed by atoms with E-state index in [0.29, 0.717) is 12.1 Å². The van der Waals surface area contributed by atoms with Crippen LogP contribution in [-0.2, 0) is 10.2 Å². The number of halogens is 1. The van der Waals surface area contributed by atoms with Crippen molar-refractivity contribution in [3.63, 3.8) is 0 Å². The third kappa shape index (κ3) is 4.64. The molecule has 0 unspecified atom stereocenters. The Labute approximate surface area is 175 Å². The van der Waals surface area contributed by atoms with Gasteiger partial charge < -0.3 is 10.6 Å². The smallest absolute Gasteiger partial charge is 0.255 e. The summed E-state index contributed by atoms with van der Waals surface area (Å²) in [7, 11) is 0. The molecule has 148 valence electrons. The molecule has 0 aromatic heterocycles. The summed E-state index contributed by atoms with van der Waals surface area (Å²) in [6.45, 7) is 2.78. The minimum atomic E-state index is -0.443. The quantitative estimate of drug-likeness (QED) is 0.626. The van der Waals surface area contributed by atoms with Crippen LogP contribution in [0, 0.1) is 0 Å². The minimum absolute atomic E-state index is 0.140. The van der Waals surface area contributed by atoms with Gasteiger partial charge in [-0.15, -0.1) is 0 Å². The van der Waals surface area contributed by atoms with Gasteiger partial charge in [-0.3, -0.25) is 9.59 Å². The summed E-state index contributed by atoms with van der Waals surface area (Å²) in [5, 5.41) is 6.03. The molecule has 2 aromatic carbocycles. The van der Waals surface area contributed by atoms with Crippen LogP contribution < -0.4 is 10.6 Å². The summed E-state index contributed by atoms with van der Waals surface area (Å²) in [5.41, 5.74) is 1.94. The SMILES string of the molecule is CCCNC(=O)C1(c2ccc(NC(=O)c3ccc(Br)cc3)cc2)CCCCC1. The van der Waals surface area contributed by atoms with Crippen molar-refractivity contribution in [1.82, 2.24) is 5.32 Å². The van der Waals surface area contributed by atoms with E-state index in [9.17, 15) is 9.59 Å². The highest BCUT2D eigenvalue weighted by Gasteiger charge is 2.40. The molecule has 0 atom stereocenters. The molecule has 0 radical (unpaired) electrons. The highest BCUT2D eigenvalue weighted by Crippen LogP contribution is 2.40. The van der Waals surface area contributed by atoms with Crippen molar-refractivity contribution in [2.45, 2.75) is 50.9 Å². The Kier molecular flexibility index (Phi) is 6.89. The maximum atomic E-state index is 13.0. The number of hydrogen-bond donors (Lipinski definition) is 2. The summed E-state index contributed by atoms with van der Waals surface area (Å²) in [6, 6.07) is 15.0. The van der Waals surface area contributed by atoms with E-state index in [-0.39, 0.29) is 11.8 Å². The molecule has 3 rings (SSSR count). The zero-order chi connectivity index (χ0) is 20.0. The van der Waals surface area contributed by atoms with Crippen molar-refractivity contribution in [3.8, 4) is 0 Å². The molecule has 0 bridgehead atoms. The molecule has 0 saturated heterocycles. The molecular weight excluding hydrogens is 416 g/mol. The molecule has 0 heterocycles. The fourth-order valence-electron chi connectivity index (χ4n) is 3.89. The van der Waals surface area contributed by atoms with Crippen LogP contribution in [0.1, 0.15) is 61.4 Å². The first-order valence-corrected chi connectivity index (χ1v) is 10.8. The van der Waals surface area contributed by atoms with Crippen LogP contribution in [0.4, 0.5) is 5.69 Å². The van der Waals surface area contributed by atoms with E-state index in [0.717, 1.165) is 47.8 Å². The standard InChI is InChI=1S/C23H27BrN2O2/c1-2-16-25-22(28)23(14-4-3-5-15-23)18-8-12-20(13-9-18)26-21(27)17-6-10-19(24)11-7-17/h6-13H,2-5,14-16H2,1H3,(H,25,28)(H,26,27). The topological polar surface area (TPSA) is 58.2 Å². The lowest BCUT2D eigenvalue weighted by molar-refractivity contribution is -0.128. The zero-order valence-corrected chi connectivity index (χ0v) is 17.8. The lowest BCUT2D eigenvalue weighted by Gasteiger charge is -2.36. The van der Waals surface area contributed by atoms with Gasteiger partial charge in [0.15, 0.2) is 0 Å². The molecule has 1 aliphatic carbocycles. The minimum Gasteiger partial charge on any atom is -0.355 e. The monoisotopic (exact) mass is 442 g/mol. The van der Waals surface area contributed by atoms with Crippen molar-refractivity contribution in [3.05, 3.63) is 64.1 Å². The average Bonchev–Trinajstić information content (AvgIpc) is 2.73. The summed E-state index contributed by atoms with van der Waals surface area (Å²) < 4.78 is 0.938. The highest BCUT2D eigenvalue weighted by atomic mass is 79.9. The number of hydrogen-bond acceptors (Lipinski definition) is 2. The molecule has 28 heavy (non-hydrogen) atoms. The fraction of sp³-hybridized carbons (Fsp3) is 0.391. The van der Waals surface area contributed by atoms with E-state index in [4.69, 9.17) is 0 Å². The number of carbonyl (C=O) groups excluding carboxylic acids is 2. The number of nitrogens with one attached hydrogen (secondary N) is 2. The molecule has 1 saturated carbocycles. The van der Waals surface area contributed by atoms with E-state index in [2.05, 4.69) is 33.5 Å². The molecule has 2 N–H and O–H groups in total. The van der Waals surface area contributed by atoms with E-state index >= 15 is 0 Å². The van der Waals surface area contributed by atoms with Crippen molar-refractivity contribution < 1.29 is 9.59 Å². The van der Waals surface area contributed by atoms with Gasteiger partial charge in [0, 0.05) is 22.3 Å². The van der Waals surface area contributed by atoms with Gasteiger partial charge in [-0.2, -0.15) is 0 Å². The molecule has 0 aliphatic heterocycles. The van der Waals surface area contributed by atoms with Crippen molar-refractivity contribution in [1.29, 1.82) is 0 Å². The molecule has 1 aliphatic rings. The predicted molar refractivity (Wildman–Crippen MR) is 117 cm³/mol. The number of rotatable bonds is 6. The maximum absolute atomic E-state index is 13.0. The Hall–Kier alpha value is -2.14. The Morgan fingerprint density at radius 2 is 1.61 bits per heavy atom. The van der Waals surface area contributed by atoms with Crippen LogP contribution in [-0.4, -0.2) is 18.4 Å². The first-order chi connectivity index (χ1) is 13.5. The van der Waals surface area contributed by atoms with Gasteiger partial charge >= 0.3 is 0 Å². The van der Waals surface area contributed by atoms with Gasteiger partial charge in [0.2, 0.25) is 5.91 Å². The van der Waals surface area contributed by atoms with Crippen LogP contribution in [0.25, 0.3) is 0 Å². The van der Waals surface area contributed by atoms with Crippen LogP contribution in [0.2, 0.25) is 0 Å². The van der Waals surface area contributed by atoms with Crippen molar-refractivity contribution in [2.24, 2.45) is 0 Å². The van der Waals surface area contributed by atoms with E-state index in [1.807, 2.05) is 36.4 Å². The third-order valence-corrected chi connectivity index (χ3v) is 6.01. The van der Waals surface area contributed by atoms with Crippen LogP contribution in [0.3, 0.4) is 0 Å². The van der Waals surface area contributed by atoms with Gasteiger partial charge in [-0.1, -0.05) is 54.2 Å². The summed E-state index contributed by atoms with van der Waals surface area (Å²) in [5.74, 6) is -0.00554. The Balaban J connectivity index is 1.76. The van der Waals surface area contributed by atoms with E-state index in [1.165, 1.54) is 6.42 Å². The second-order valence-corrected chi connectivity index (χ2v) is 8.35. The molecule has 0 spiro atoms. The first kappa shape index (κ1) is 20.6. The van der Waals surface area contributed by atoms with Crippen LogP contribution >= 0.6 is 15.9 Å². The maximum Gasteiger partial charge on any atom is 0.255 e. The van der Waals surface area contributed by atoms with Gasteiger partial charge in [0.05, 0.1) is 5.41 Å². The van der Waals surface area contributed by atoms with Gasteiger partial charge in [-0.05, 0) is 61.2 Å². The molecule has 5 heteroatoms. The first-order valence-electron chi connectivity index (χ1n) is 10.0. The zero-order valence-electron chi connectivity index (χ0n) is 16.3. The van der Waals surface area contributed by atoms with Gasteiger partial charge in [0.1, 0.15) is 0 Å². The number of anilines is 1. The van der Waals surface area contributed by atoms with Crippen LogP contribution in [0.15, 0.2) is 53.0 Å². The number of carbonyl (C=O) groups is 2.